The van der Waals surface area contributed by atoms with Crippen LogP contribution in [0.15, 0.2) is 18.3 Å². The molecule has 2 N–H and O–H groups in total. The predicted molar refractivity (Wildman–Crippen MR) is 72.4 cm³/mol. The van der Waals surface area contributed by atoms with Crippen molar-refractivity contribution in [3.8, 4) is 0 Å². The van der Waals surface area contributed by atoms with E-state index >= 15 is 0 Å². The van der Waals surface area contributed by atoms with Crippen LogP contribution in [0.5, 0.6) is 0 Å². The second-order valence-corrected chi connectivity index (χ2v) is 5.06. The average molecular weight is 247 g/mol. The molecule has 2 heterocycles. The lowest BCUT2D eigenvalue weighted by atomic mass is 9.76. The summed E-state index contributed by atoms with van der Waals surface area (Å²) in [5, 5.41) is 6.27. The smallest absolute Gasteiger partial charge is 0.231 e. The van der Waals surface area contributed by atoms with Crippen LogP contribution in [0.2, 0.25) is 0 Å². The number of nitrogens with zero attached hydrogens (tertiary/aromatic N) is 1. The molecule has 2 rings (SSSR count). The minimum absolute atomic E-state index is 0.115. The number of hydrogen-bond acceptors (Lipinski definition) is 3. The number of piperidine rings is 1. The highest BCUT2D eigenvalue weighted by Gasteiger charge is 2.37. The summed E-state index contributed by atoms with van der Waals surface area (Å²) < 4.78 is 0. The van der Waals surface area contributed by atoms with Gasteiger partial charge < -0.3 is 10.6 Å². The molecule has 1 aromatic heterocycles. The summed E-state index contributed by atoms with van der Waals surface area (Å²) in [6, 6.07) is 3.83. The van der Waals surface area contributed by atoms with Gasteiger partial charge in [-0.05, 0) is 57.0 Å². The van der Waals surface area contributed by atoms with E-state index in [1.54, 1.807) is 6.20 Å². The minimum Gasteiger partial charge on any atom is -0.317 e. The monoisotopic (exact) mass is 247 g/mol. The summed E-state index contributed by atoms with van der Waals surface area (Å²) >= 11 is 0. The van der Waals surface area contributed by atoms with E-state index < -0.39 is 0 Å². The molecule has 4 nitrogen and oxygen atoms in total. The highest BCUT2D eigenvalue weighted by molar-refractivity contribution is 5.94. The maximum atomic E-state index is 12.5. The van der Waals surface area contributed by atoms with Crippen molar-refractivity contribution in [1.82, 2.24) is 10.3 Å². The molecule has 1 aromatic rings. The molecule has 18 heavy (non-hydrogen) atoms. The SMILES string of the molecule is CCC1(C(=O)Nc2cc(C)ccn2)CCNCC1. The first kappa shape index (κ1) is 13.0. The molecule has 98 valence electrons. The Bertz CT molecular complexity index is 425. The second kappa shape index (κ2) is 5.48. The van der Waals surface area contributed by atoms with Gasteiger partial charge in [-0.1, -0.05) is 6.92 Å². The summed E-state index contributed by atoms with van der Waals surface area (Å²) in [6.07, 6.45) is 4.42. The van der Waals surface area contributed by atoms with Crippen LogP contribution in [-0.2, 0) is 4.79 Å². The number of pyridine rings is 1. The van der Waals surface area contributed by atoms with Gasteiger partial charge in [0.2, 0.25) is 5.91 Å². The maximum absolute atomic E-state index is 12.5. The third-order valence-corrected chi connectivity index (χ3v) is 3.88. The predicted octanol–water partition coefficient (Wildman–Crippen LogP) is 2.11. The topological polar surface area (TPSA) is 54.0 Å². The Hall–Kier alpha value is -1.42. The molecule has 0 saturated carbocycles. The molecule has 1 amide bonds. The Morgan fingerprint density at radius 1 is 1.50 bits per heavy atom. The van der Waals surface area contributed by atoms with Gasteiger partial charge in [0, 0.05) is 6.20 Å². The summed E-state index contributed by atoms with van der Waals surface area (Å²) in [4.78, 5) is 16.6. The van der Waals surface area contributed by atoms with Crippen LogP contribution in [0.3, 0.4) is 0 Å². The van der Waals surface area contributed by atoms with Gasteiger partial charge in [-0.2, -0.15) is 0 Å². The van der Waals surface area contributed by atoms with Gasteiger partial charge in [-0.3, -0.25) is 4.79 Å². The van der Waals surface area contributed by atoms with Crippen LogP contribution in [0.4, 0.5) is 5.82 Å². The fourth-order valence-electron chi connectivity index (χ4n) is 2.50. The van der Waals surface area contributed by atoms with E-state index in [1.807, 2.05) is 19.1 Å². The second-order valence-electron chi connectivity index (χ2n) is 5.06. The van der Waals surface area contributed by atoms with E-state index in [9.17, 15) is 4.79 Å². The van der Waals surface area contributed by atoms with Crippen LogP contribution >= 0.6 is 0 Å². The molecule has 0 atom stereocenters. The van der Waals surface area contributed by atoms with Crippen LogP contribution < -0.4 is 10.6 Å². The summed E-state index contributed by atoms with van der Waals surface area (Å²) in [7, 11) is 0. The Balaban J connectivity index is 2.10. The quantitative estimate of drug-likeness (QED) is 0.860. The molecule has 0 radical (unpaired) electrons. The zero-order valence-corrected chi connectivity index (χ0v) is 11.1. The minimum atomic E-state index is -0.226. The van der Waals surface area contributed by atoms with Gasteiger partial charge in [0.15, 0.2) is 0 Å². The molecule has 1 fully saturated rings. The number of hydrogen-bond donors (Lipinski definition) is 2. The molecule has 1 aliphatic heterocycles. The number of amides is 1. The van der Waals surface area contributed by atoms with Gasteiger partial charge in [0.1, 0.15) is 5.82 Å². The van der Waals surface area contributed by atoms with Gasteiger partial charge >= 0.3 is 0 Å². The van der Waals surface area contributed by atoms with Crippen molar-refractivity contribution in [3.05, 3.63) is 23.9 Å². The van der Waals surface area contributed by atoms with Crippen LogP contribution in [-0.4, -0.2) is 24.0 Å². The van der Waals surface area contributed by atoms with Crippen molar-refractivity contribution in [1.29, 1.82) is 0 Å². The Labute approximate surface area is 108 Å². The van der Waals surface area contributed by atoms with Gasteiger partial charge in [0.25, 0.3) is 0 Å². The molecule has 0 aliphatic carbocycles. The number of nitrogens with one attached hydrogen (secondary N) is 2. The lowest BCUT2D eigenvalue weighted by Crippen LogP contribution is -2.44. The zero-order valence-electron chi connectivity index (χ0n) is 11.1. The lowest BCUT2D eigenvalue weighted by Gasteiger charge is -2.35. The number of aryl methyl sites for hydroxylation is 1. The largest absolute Gasteiger partial charge is 0.317 e. The van der Waals surface area contributed by atoms with Gasteiger partial charge in [-0.25, -0.2) is 4.98 Å². The summed E-state index contributed by atoms with van der Waals surface area (Å²) in [5.74, 6) is 0.774. The van der Waals surface area contributed by atoms with Gasteiger partial charge in [0.05, 0.1) is 5.41 Å². The van der Waals surface area contributed by atoms with E-state index in [4.69, 9.17) is 0 Å². The highest BCUT2D eigenvalue weighted by Crippen LogP contribution is 2.33. The van der Waals surface area contributed by atoms with Crippen LogP contribution in [0.1, 0.15) is 31.7 Å². The van der Waals surface area contributed by atoms with Crippen molar-refractivity contribution in [2.75, 3.05) is 18.4 Å². The Morgan fingerprint density at radius 3 is 2.83 bits per heavy atom. The van der Waals surface area contributed by atoms with Crippen molar-refractivity contribution in [3.63, 3.8) is 0 Å². The third kappa shape index (κ3) is 2.70. The number of carbonyl (C=O) groups is 1. The Morgan fingerprint density at radius 2 is 2.22 bits per heavy atom. The van der Waals surface area contributed by atoms with Crippen molar-refractivity contribution in [2.24, 2.45) is 5.41 Å². The number of carbonyl (C=O) groups excluding carboxylic acids is 1. The molecular formula is C14H21N3O. The van der Waals surface area contributed by atoms with Crippen molar-refractivity contribution in [2.45, 2.75) is 33.1 Å². The molecule has 1 saturated heterocycles. The molecule has 1 aliphatic rings. The van der Waals surface area contributed by atoms with Crippen molar-refractivity contribution >= 4 is 11.7 Å². The first-order valence-electron chi connectivity index (χ1n) is 6.61. The summed E-state index contributed by atoms with van der Waals surface area (Å²) in [6.45, 7) is 5.93. The Kier molecular flexibility index (Phi) is 3.97. The average Bonchev–Trinajstić information content (AvgIpc) is 2.39. The lowest BCUT2D eigenvalue weighted by molar-refractivity contribution is -0.127. The molecular weight excluding hydrogens is 226 g/mol. The van der Waals surface area contributed by atoms with E-state index in [0.29, 0.717) is 5.82 Å². The normalized spacial score (nSPS) is 18.3. The van der Waals surface area contributed by atoms with E-state index in [0.717, 1.165) is 37.9 Å². The van der Waals surface area contributed by atoms with Gasteiger partial charge in [-0.15, -0.1) is 0 Å². The first-order chi connectivity index (χ1) is 8.66. The van der Waals surface area contributed by atoms with Crippen LogP contribution in [0, 0.1) is 12.3 Å². The van der Waals surface area contributed by atoms with E-state index in [-0.39, 0.29) is 11.3 Å². The fraction of sp³-hybridized carbons (Fsp3) is 0.571. The fourth-order valence-corrected chi connectivity index (χ4v) is 2.50. The summed E-state index contributed by atoms with van der Waals surface area (Å²) in [5.41, 5.74) is 0.882. The third-order valence-electron chi connectivity index (χ3n) is 3.88. The zero-order chi connectivity index (χ0) is 13.0. The number of rotatable bonds is 3. The number of anilines is 1. The standard InChI is InChI=1S/C14H21N3O/c1-3-14(5-8-15-9-6-14)13(18)17-12-10-11(2)4-7-16-12/h4,7,10,15H,3,5-6,8-9H2,1-2H3,(H,16,17,18). The van der Waals surface area contributed by atoms with Crippen LogP contribution in [0.25, 0.3) is 0 Å². The number of aromatic nitrogens is 1. The molecule has 0 spiro atoms. The van der Waals surface area contributed by atoms with Crippen molar-refractivity contribution < 1.29 is 4.79 Å². The van der Waals surface area contributed by atoms with E-state index in [1.165, 1.54) is 0 Å². The van der Waals surface area contributed by atoms with E-state index in [2.05, 4.69) is 22.5 Å². The maximum Gasteiger partial charge on any atom is 0.231 e. The molecule has 4 heteroatoms. The molecule has 0 aromatic carbocycles. The highest BCUT2D eigenvalue weighted by atomic mass is 16.2. The first-order valence-corrected chi connectivity index (χ1v) is 6.61. The molecule has 0 bridgehead atoms. The molecule has 0 unspecified atom stereocenters.